The van der Waals surface area contributed by atoms with Crippen LogP contribution < -0.4 is 11.2 Å². The summed E-state index contributed by atoms with van der Waals surface area (Å²) in [5.74, 6) is 0. The minimum atomic E-state index is -0.971. The van der Waals surface area contributed by atoms with Crippen LogP contribution in [0.1, 0.15) is 0 Å². The van der Waals surface area contributed by atoms with Crippen LogP contribution >= 0.6 is 12.2 Å². The van der Waals surface area contributed by atoms with Gasteiger partial charge in [-0.05, 0) is 12.2 Å². The number of aliphatic hydroxyl groups excluding tert-OH is 2. The molecule has 0 aliphatic carbocycles. The molecule has 0 aliphatic rings. The normalized spacial score (nSPS) is 13.4. The van der Waals surface area contributed by atoms with Gasteiger partial charge in [0.15, 0.2) is 5.11 Å². The number of nitrogens with two attached hydrogens (primary N) is 1. The Kier molecular flexibility index (Phi) is 4.73. The Hall–Kier alpha value is -0.720. The molecule has 0 amide bonds. The van der Waals surface area contributed by atoms with E-state index in [9.17, 15) is 0 Å². The lowest BCUT2D eigenvalue weighted by atomic mass is 10.4. The molecular formula is C4H9N3O2S. The highest BCUT2D eigenvalue weighted by molar-refractivity contribution is 7.80. The van der Waals surface area contributed by atoms with Gasteiger partial charge in [0.05, 0.1) is 12.8 Å². The molecular weight excluding hydrogens is 154 g/mol. The van der Waals surface area contributed by atoms with Gasteiger partial charge in [-0.2, -0.15) is 5.10 Å². The molecule has 0 rings (SSSR count). The van der Waals surface area contributed by atoms with E-state index in [2.05, 4.69) is 22.7 Å². The zero-order chi connectivity index (χ0) is 7.98. The Labute approximate surface area is 63.5 Å². The summed E-state index contributed by atoms with van der Waals surface area (Å²) in [5, 5.41) is 20.3. The molecule has 0 heterocycles. The van der Waals surface area contributed by atoms with Gasteiger partial charge in [0, 0.05) is 0 Å². The number of rotatable bonds is 3. The molecule has 5 N–H and O–H groups in total. The molecule has 0 aromatic heterocycles. The maximum atomic E-state index is 8.65. The van der Waals surface area contributed by atoms with Gasteiger partial charge in [0.2, 0.25) is 0 Å². The van der Waals surface area contributed by atoms with E-state index in [0.717, 1.165) is 6.21 Å². The van der Waals surface area contributed by atoms with Crippen molar-refractivity contribution in [1.82, 2.24) is 5.43 Å². The number of nitrogens with one attached hydrogen (secondary N) is 1. The van der Waals surface area contributed by atoms with Gasteiger partial charge in [0.25, 0.3) is 0 Å². The topological polar surface area (TPSA) is 90.9 Å². The van der Waals surface area contributed by atoms with E-state index in [1.165, 1.54) is 0 Å². The molecule has 0 aromatic carbocycles. The molecule has 0 saturated heterocycles. The van der Waals surface area contributed by atoms with Crippen LogP contribution in [0.4, 0.5) is 0 Å². The molecule has 0 unspecified atom stereocenters. The third-order valence-electron chi connectivity index (χ3n) is 0.608. The summed E-state index contributed by atoms with van der Waals surface area (Å²) in [7, 11) is 0. The quantitative estimate of drug-likeness (QED) is 0.223. The minimum absolute atomic E-state index is 0.0152. The zero-order valence-corrected chi connectivity index (χ0v) is 6.01. The molecule has 5 nitrogen and oxygen atoms in total. The third-order valence-corrected chi connectivity index (χ3v) is 0.700. The van der Waals surface area contributed by atoms with Gasteiger partial charge in [-0.15, -0.1) is 0 Å². The summed E-state index contributed by atoms with van der Waals surface area (Å²) in [6.45, 7) is -0.373. The third kappa shape index (κ3) is 5.42. The van der Waals surface area contributed by atoms with Crippen molar-refractivity contribution in [3.63, 3.8) is 0 Å². The second kappa shape index (κ2) is 5.10. The van der Waals surface area contributed by atoms with Crippen LogP contribution in [0, 0.1) is 0 Å². The van der Waals surface area contributed by atoms with E-state index in [-0.39, 0.29) is 11.7 Å². The first kappa shape index (κ1) is 9.28. The predicted molar refractivity (Wildman–Crippen MR) is 41.5 cm³/mol. The van der Waals surface area contributed by atoms with Crippen molar-refractivity contribution in [2.24, 2.45) is 10.8 Å². The summed E-state index contributed by atoms with van der Waals surface area (Å²) in [5.41, 5.74) is 7.20. The van der Waals surface area contributed by atoms with Gasteiger partial charge in [-0.25, -0.2) is 0 Å². The van der Waals surface area contributed by atoms with E-state index >= 15 is 0 Å². The SMILES string of the molecule is NC(=S)N/N=C/[C@@H](O)CO. The van der Waals surface area contributed by atoms with Crippen molar-refractivity contribution in [3.05, 3.63) is 0 Å². The fourth-order valence-corrected chi connectivity index (χ4v) is 0.287. The number of hydrogen-bond donors (Lipinski definition) is 4. The van der Waals surface area contributed by atoms with Gasteiger partial charge >= 0.3 is 0 Å². The first-order valence-corrected chi connectivity index (χ1v) is 2.95. The number of thiocarbonyl (C=S) groups is 1. The highest BCUT2D eigenvalue weighted by atomic mass is 32.1. The first-order valence-electron chi connectivity index (χ1n) is 2.54. The van der Waals surface area contributed by atoms with Crippen LogP contribution in [0.3, 0.4) is 0 Å². The second-order valence-electron chi connectivity index (χ2n) is 1.50. The molecule has 0 aliphatic heterocycles. The average molecular weight is 163 g/mol. The summed E-state index contributed by atoms with van der Waals surface area (Å²) in [6.07, 6.45) is 0.126. The Morgan fingerprint density at radius 1 is 1.90 bits per heavy atom. The largest absolute Gasteiger partial charge is 0.393 e. The molecule has 6 heteroatoms. The Morgan fingerprint density at radius 3 is 2.90 bits per heavy atom. The predicted octanol–water partition coefficient (Wildman–Crippen LogP) is -1.84. The van der Waals surface area contributed by atoms with Crippen LogP contribution in [0.5, 0.6) is 0 Å². The zero-order valence-electron chi connectivity index (χ0n) is 5.19. The Bertz CT molecular complexity index is 138. The summed E-state index contributed by atoms with van der Waals surface area (Å²) in [4.78, 5) is 0. The highest BCUT2D eigenvalue weighted by Crippen LogP contribution is 1.71. The second-order valence-corrected chi connectivity index (χ2v) is 1.94. The number of hydrazone groups is 1. The van der Waals surface area contributed by atoms with Crippen LogP contribution in [0.2, 0.25) is 0 Å². The smallest absolute Gasteiger partial charge is 0.184 e. The monoisotopic (exact) mass is 163 g/mol. The number of aliphatic hydroxyl groups is 2. The molecule has 0 fully saturated rings. The minimum Gasteiger partial charge on any atom is -0.393 e. The number of nitrogens with zero attached hydrogens (tertiary/aromatic N) is 1. The summed E-state index contributed by atoms with van der Waals surface area (Å²) < 4.78 is 0. The number of hydrogen-bond acceptors (Lipinski definition) is 4. The lowest BCUT2D eigenvalue weighted by Crippen LogP contribution is -2.25. The van der Waals surface area contributed by atoms with Crippen LogP contribution in [-0.4, -0.2) is 34.3 Å². The molecule has 58 valence electrons. The molecule has 1 atom stereocenters. The maximum absolute atomic E-state index is 8.65. The van der Waals surface area contributed by atoms with E-state index in [1.54, 1.807) is 0 Å². The summed E-state index contributed by atoms with van der Waals surface area (Å²) >= 11 is 4.39. The van der Waals surface area contributed by atoms with Crippen molar-refractivity contribution < 1.29 is 10.2 Å². The van der Waals surface area contributed by atoms with E-state index in [4.69, 9.17) is 15.9 Å². The van der Waals surface area contributed by atoms with Gasteiger partial charge in [0.1, 0.15) is 6.10 Å². The lowest BCUT2D eigenvalue weighted by Gasteiger charge is -1.97. The van der Waals surface area contributed by atoms with Crippen molar-refractivity contribution >= 4 is 23.5 Å². The summed E-state index contributed by atoms with van der Waals surface area (Å²) in [6, 6.07) is 0. The lowest BCUT2D eigenvalue weighted by molar-refractivity contribution is 0.148. The molecule has 0 saturated carbocycles. The maximum Gasteiger partial charge on any atom is 0.184 e. The Morgan fingerprint density at radius 2 is 2.50 bits per heavy atom. The fourth-order valence-electron chi connectivity index (χ4n) is 0.234. The Balaban J connectivity index is 3.45. The fraction of sp³-hybridized carbons (Fsp3) is 0.500. The molecule has 0 radical (unpaired) electrons. The van der Waals surface area contributed by atoms with Crippen LogP contribution in [0.25, 0.3) is 0 Å². The van der Waals surface area contributed by atoms with Gasteiger partial charge < -0.3 is 15.9 Å². The molecule has 10 heavy (non-hydrogen) atoms. The van der Waals surface area contributed by atoms with Crippen molar-refractivity contribution in [3.8, 4) is 0 Å². The van der Waals surface area contributed by atoms with E-state index in [0.29, 0.717) is 0 Å². The first-order chi connectivity index (χ1) is 4.66. The highest BCUT2D eigenvalue weighted by Gasteiger charge is 1.93. The molecule has 0 spiro atoms. The van der Waals surface area contributed by atoms with E-state index < -0.39 is 6.10 Å². The van der Waals surface area contributed by atoms with Crippen molar-refractivity contribution in [2.75, 3.05) is 6.61 Å². The molecule has 0 bridgehead atoms. The van der Waals surface area contributed by atoms with Crippen molar-refractivity contribution in [1.29, 1.82) is 0 Å². The van der Waals surface area contributed by atoms with Gasteiger partial charge in [-0.3, -0.25) is 5.43 Å². The van der Waals surface area contributed by atoms with Gasteiger partial charge in [-0.1, -0.05) is 0 Å². The molecule has 0 aromatic rings. The van der Waals surface area contributed by atoms with Crippen molar-refractivity contribution in [2.45, 2.75) is 6.10 Å². The van der Waals surface area contributed by atoms with E-state index in [1.807, 2.05) is 0 Å². The van der Waals surface area contributed by atoms with Crippen LogP contribution in [-0.2, 0) is 0 Å². The average Bonchev–Trinajstić information content (AvgIpc) is 1.87. The van der Waals surface area contributed by atoms with Crippen LogP contribution in [0.15, 0.2) is 5.10 Å². The standard InChI is InChI=1S/C4H9N3O2S/c5-4(10)7-6-1-3(9)2-8/h1,3,8-9H,2H2,(H3,5,7,10)/b6-1+/t3-/m1/s1.